The summed E-state index contributed by atoms with van der Waals surface area (Å²) in [4.78, 5) is 14.1. The van der Waals surface area contributed by atoms with Crippen molar-refractivity contribution in [3.63, 3.8) is 0 Å². The van der Waals surface area contributed by atoms with Crippen LogP contribution in [0.25, 0.3) is 10.9 Å². The Kier molecular flexibility index (Phi) is 2.13. The van der Waals surface area contributed by atoms with Crippen LogP contribution in [0.4, 0.5) is 0 Å². The van der Waals surface area contributed by atoms with Crippen molar-refractivity contribution in [3.05, 3.63) is 40.2 Å². The van der Waals surface area contributed by atoms with Gasteiger partial charge in [0.15, 0.2) is 0 Å². The Morgan fingerprint density at radius 2 is 2.13 bits per heavy atom. The molecule has 2 rings (SSSR count). The molecule has 4 N–H and O–H groups in total. The Bertz CT molecular complexity index is 587. The Morgan fingerprint density at radius 3 is 2.87 bits per heavy atom. The number of fused-ring (bicyclic) bond motifs is 1. The standard InChI is InChI=1S/C10H9N3O2/c11-12-5-7-9(14)6-3-1-2-4-8(6)13-10(7)15/h1-5H,11H2,(H2,13,14,15). The van der Waals surface area contributed by atoms with Crippen LogP contribution in [0.5, 0.6) is 5.75 Å². The molecular weight excluding hydrogens is 194 g/mol. The number of hydrogen-bond donors (Lipinski definition) is 3. The summed E-state index contributed by atoms with van der Waals surface area (Å²) >= 11 is 0. The van der Waals surface area contributed by atoms with Crippen LogP contribution in [0.3, 0.4) is 0 Å². The predicted molar refractivity (Wildman–Crippen MR) is 58.0 cm³/mol. The van der Waals surface area contributed by atoms with Crippen LogP contribution in [-0.4, -0.2) is 16.3 Å². The van der Waals surface area contributed by atoms with E-state index in [1.54, 1.807) is 24.3 Å². The van der Waals surface area contributed by atoms with Crippen LogP contribution in [0.15, 0.2) is 34.2 Å². The summed E-state index contributed by atoms with van der Waals surface area (Å²) in [6, 6.07) is 6.95. The van der Waals surface area contributed by atoms with E-state index in [-0.39, 0.29) is 11.3 Å². The highest BCUT2D eigenvalue weighted by atomic mass is 16.3. The maximum Gasteiger partial charge on any atom is 0.261 e. The molecule has 0 aliphatic heterocycles. The third-order valence-electron chi connectivity index (χ3n) is 2.13. The summed E-state index contributed by atoms with van der Waals surface area (Å²) in [5.74, 6) is 4.84. The highest BCUT2D eigenvalue weighted by Crippen LogP contribution is 2.22. The van der Waals surface area contributed by atoms with Crippen molar-refractivity contribution in [1.82, 2.24) is 4.98 Å². The van der Waals surface area contributed by atoms with Gasteiger partial charge in [0.25, 0.3) is 5.56 Å². The van der Waals surface area contributed by atoms with E-state index in [0.717, 1.165) is 6.21 Å². The molecule has 0 atom stereocenters. The minimum Gasteiger partial charge on any atom is -0.506 e. The molecule has 0 aliphatic carbocycles. The van der Waals surface area contributed by atoms with Crippen LogP contribution in [0.1, 0.15) is 5.56 Å². The number of pyridine rings is 1. The molecule has 0 amide bonds. The second-order valence-corrected chi connectivity index (χ2v) is 3.04. The summed E-state index contributed by atoms with van der Waals surface area (Å²) in [7, 11) is 0. The number of hydrogen-bond acceptors (Lipinski definition) is 4. The van der Waals surface area contributed by atoms with Gasteiger partial charge in [-0.15, -0.1) is 0 Å². The van der Waals surface area contributed by atoms with Crippen molar-refractivity contribution in [2.24, 2.45) is 10.9 Å². The number of aromatic nitrogens is 1. The summed E-state index contributed by atoms with van der Waals surface area (Å²) in [5.41, 5.74) is 0.228. The molecule has 1 heterocycles. The second kappa shape index (κ2) is 3.45. The van der Waals surface area contributed by atoms with Gasteiger partial charge >= 0.3 is 0 Å². The van der Waals surface area contributed by atoms with E-state index in [1.807, 2.05) is 0 Å². The van der Waals surface area contributed by atoms with E-state index in [4.69, 9.17) is 5.84 Å². The maximum atomic E-state index is 11.5. The summed E-state index contributed by atoms with van der Waals surface area (Å²) in [5, 5.41) is 13.6. The molecule has 0 unspecified atom stereocenters. The van der Waals surface area contributed by atoms with Gasteiger partial charge < -0.3 is 15.9 Å². The van der Waals surface area contributed by atoms with Gasteiger partial charge in [-0.3, -0.25) is 4.79 Å². The van der Waals surface area contributed by atoms with Gasteiger partial charge in [-0.2, -0.15) is 5.10 Å². The lowest BCUT2D eigenvalue weighted by molar-refractivity contribution is 0.479. The van der Waals surface area contributed by atoms with Gasteiger partial charge in [0.2, 0.25) is 0 Å². The van der Waals surface area contributed by atoms with Crippen LogP contribution in [-0.2, 0) is 0 Å². The number of nitrogens with zero attached hydrogens (tertiary/aromatic N) is 1. The zero-order valence-electron chi connectivity index (χ0n) is 7.77. The van der Waals surface area contributed by atoms with Crippen LogP contribution < -0.4 is 11.4 Å². The maximum absolute atomic E-state index is 11.5. The number of nitrogens with one attached hydrogen (secondary N) is 1. The monoisotopic (exact) mass is 203 g/mol. The average molecular weight is 203 g/mol. The first-order chi connectivity index (χ1) is 7.24. The summed E-state index contributed by atoms with van der Waals surface area (Å²) in [6.07, 6.45) is 1.13. The number of aromatic amines is 1. The van der Waals surface area contributed by atoms with Crippen molar-refractivity contribution in [2.75, 3.05) is 0 Å². The van der Waals surface area contributed by atoms with Crippen LogP contribution in [0, 0.1) is 0 Å². The number of aromatic hydroxyl groups is 1. The molecule has 76 valence electrons. The number of nitrogens with two attached hydrogens (primary N) is 1. The van der Waals surface area contributed by atoms with Gasteiger partial charge in [-0.1, -0.05) is 12.1 Å². The van der Waals surface area contributed by atoms with Gasteiger partial charge in [-0.05, 0) is 12.1 Å². The fraction of sp³-hybridized carbons (Fsp3) is 0. The SMILES string of the molecule is NN=Cc1c(O)c2ccccc2[nH]c1=O. The quantitative estimate of drug-likeness (QED) is 0.358. The van der Waals surface area contributed by atoms with Crippen molar-refractivity contribution < 1.29 is 5.11 Å². The lowest BCUT2D eigenvalue weighted by atomic mass is 10.1. The van der Waals surface area contributed by atoms with E-state index in [2.05, 4.69) is 10.1 Å². The number of rotatable bonds is 1. The van der Waals surface area contributed by atoms with E-state index in [1.165, 1.54) is 0 Å². The molecule has 0 fully saturated rings. The van der Waals surface area contributed by atoms with Gasteiger partial charge in [0, 0.05) is 5.39 Å². The molecule has 2 aromatic rings. The molecule has 0 aliphatic rings. The Balaban J connectivity index is 2.90. The fourth-order valence-electron chi connectivity index (χ4n) is 1.44. The number of H-pyrrole nitrogens is 1. The van der Waals surface area contributed by atoms with Crippen molar-refractivity contribution >= 4 is 17.1 Å². The van der Waals surface area contributed by atoms with E-state index >= 15 is 0 Å². The molecule has 5 heteroatoms. The lowest BCUT2D eigenvalue weighted by Crippen LogP contribution is -2.12. The molecule has 15 heavy (non-hydrogen) atoms. The molecule has 5 nitrogen and oxygen atoms in total. The smallest absolute Gasteiger partial charge is 0.261 e. The van der Waals surface area contributed by atoms with E-state index in [9.17, 15) is 9.90 Å². The topological polar surface area (TPSA) is 91.5 Å². The average Bonchev–Trinajstić information content (AvgIpc) is 2.24. The highest BCUT2D eigenvalue weighted by Gasteiger charge is 2.08. The van der Waals surface area contributed by atoms with Gasteiger partial charge in [0.1, 0.15) is 11.3 Å². The molecule has 0 bridgehead atoms. The molecule has 0 saturated carbocycles. The molecular formula is C10H9N3O2. The number of para-hydroxylation sites is 1. The van der Waals surface area contributed by atoms with Crippen molar-refractivity contribution in [2.45, 2.75) is 0 Å². The minimum absolute atomic E-state index is 0.0659. The third kappa shape index (κ3) is 1.43. The summed E-state index contributed by atoms with van der Waals surface area (Å²) < 4.78 is 0. The normalized spacial score (nSPS) is 11.2. The minimum atomic E-state index is -0.416. The first-order valence-corrected chi connectivity index (χ1v) is 4.31. The summed E-state index contributed by atoms with van der Waals surface area (Å²) in [6.45, 7) is 0. The molecule has 0 saturated heterocycles. The Labute approximate surface area is 84.9 Å². The van der Waals surface area contributed by atoms with Gasteiger partial charge in [0.05, 0.1) is 11.7 Å². The molecule has 1 aromatic carbocycles. The van der Waals surface area contributed by atoms with Gasteiger partial charge in [-0.25, -0.2) is 0 Å². The highest BCUT2D eigenvalue weighted by molar-refractivity contribution is 5.94. The first-order valence-electron chi connectivity index (χ1n) is 4.31. The molecule has 0 radical (unpaired) electrons. The largest absolute Gasteiger partial charge is 0.506 e. The predicted octanol–water partition coefficient (Wildman–Crippen LogP) is 0.526. The van der Waals surface area contributed by atoms with E-state index < -0.39 is 5.56 Å². The van der Waals surface area contributed by atoms with Crippen LogP contribution >= 0.6 is 0 Å². The number of hydrazone groups is 1. The van der Waals surface area contributed by atoms with Crippen molar-refractivity contribution in [1.29, 1.82) is 0 Å². The Hall–Kier alpha value is -2.30. The zero-order valence-corrected chi connectivity index (χ0v) is 7.77. The lowest BCUT2D eigenvalue weighted by Gasteiger charge is -2.02. The second-order valence-electron chi connectivity index (χ2n) is 3.04. The van der Waals surface area contributed by atoms with Crippen LogP contribution in [0.2, 0.25) is 0 Å². The zero-order chi connectivity index (χ0) is 10.8. The van der Waals surface area contributed by atoms with E-state index in [0.29, 0.717) is 10.9 Å². The molecule has 1 aromatic heterocycles. The molecule has 0 spiro atoms. The van der Waals surface area contributed by atoms with Crippen molar-refractivity contribution in [3.8, 4) is 5.75 Å². The number of benzene rings is 1. The fourth-order valence-corrected chi connectivity index (χ4v) is 1.44. The first kappa shape index (κ1) is 9.26. The Morgan fingerprint density at radius 1 is 1.40 bits per heavy atom. The third-order valence-corrected chi connectivity index (χ3v) is 2.13.